The summed E-state index contributed by atoms with van der Waals surface area (Å²) in [7, 11) is 2.00. The molecule has 1 spiro atoms. The predicted octanol–water partition coefficient (Wildman–Crippen LogP) is 3.12. The molecule has 1 amide bonds. The van der Waals surface area contributed by atoms with Crippen LogP contribution in [0.1, 0.15) is 35.8 Å². The summed E-state index contributed by atoms with van der Waals surface area (Å²) < 4.78 is 0. The SMILES string of the molecule is CN1C(=O)C(c2ccccc2)CC12CCN(Cc1nccs1)CC2. The number of hydrogen-bond donors (Lipinski definition) is 0. The summed E-state index contributed by atoms with van der Waals surface area (Å²) in [5.41, 5.74) is 1.20. The minimum Gasteiger partial charge on any atom is -0.339 e. The highest BCUT2D eigenvalue weighted by molar-refractivity contribution is 7.09. The van der Waals surface area contributed by atoms with Crippen molar-refractivity contribution in [3.8, 4) is 0 Å². The summed E-state index contributed by atoms with van der Waals surface area (Å²) in [4.78, 5) is 21.7. The van der Waals surface area contributed by atoms with Crippen LogP contribution in [0.25, 0.3) is 0 Å². The lowest BCUT2D eigenvalue weighted by molar-refractivity contribution is -0.131. The first-order valence-electron chi connectivity index (χ1n) is 8.61. The zero-order valence-electron chi connectivity index (χ0n) is 14.0. The van der Waals surface area contributed by atoms with Crippen molar-refractivity contribution in [1.29, 1.82) is 0 Å². The molecule has 1 unspecified atom stereocenters. The van der Waals surface area contributed by atoms with E-state index in [1.165, 1.54) is 5.01 Å². The van der Waals surface area contributed by atoms with Crippen LogP contribution in [0.4, 0.5) is 0 Å². The zero-order valence-corrected chi connectivity index (χ0v) is 14.8. The van der Waals surface area contributed by atoms with E-state index in [1.807, 2.05) is 41.7 Å². The first kappa shape index (κ1) is 15.8. The fourth-order valence-corrected chi connectivity index (χ4v) is 4.86. The van der Waals surface area contributed by atoms with E-state index < -0.39 is 0 Å². The number of likely N-dealkylation sites (N-methyl/N-ethyl adjacent to an activating group) is 1. The highest BCUT2D eigenvalue weighted by Crippen LogP contribution is 2.44. The average Bonchev–Trinajstić information content (AvgIpc) is 3.21. The second-order valence-corrected chi connectivity index (χ2v) is 7.97. The molecule has 126 valence electrons. The molecule has 0 aliphatic carbocycles. The fraction of sp³-hybridized carbons (Fsp3) is 0.474. The molecule has 3 heterocycles. The quantitative estimate of drug-likeness (QED) is 0.861. The highest BCUT2D eigenvalue weighted by atomic mass is 32.1. The van der Waals surface area contributed by atoms with Crippen LogP contribution in [0.5, 0.6) is 0 Å². The number of nitrogens with zero attached hydrogens (tertiary/aromatic N) is 3. The number of hydrogen-bond acceptors (Lipinski definition) is 4. The van der Waals surface area contributed by atoms with Gasteiger partial charge >= 0.3 is 0 Å². The third kappa shape index (κ3) is 2.76. The van der Waals surface area contributed by atoms with Crippen LogP contribution < -0.4 is 0 Å². The molecule has 5 heteroatoms. The lowest BCUT2D eigenvalue weighted by Crippen LogP contribution is -2.51. The van der Waals surface area contributed by atoms with Gasteiger partial charge in [0, 0.05) is 37.3 Å². The zero-order chi connectivity index (χ0) is 16.6. The molecule has 2 aliphatic heterocycles. The second kappa shape index (κ2) is 6.30. The summed E-state index contributed by atoms with van der Waals surface area (Å²) in [6.45, 7) is 3.02. The van der Waals surface area contributed by atoms with Gasteiger partial charge in [-0.05, 0) is 24.8 Å². The van der Waals surface area contributed by atoms with E-state index in [0.29, 0.717) is 0 Å². The summed E-state index contributed by atoms with van der Waals surface area (Å²) in [6, 6.07) is 10.3. The molecule has 2 saturated heterocycles. The van der Waals surface area contributed by atoms with Crippen molar-refractivity contribution in [2.24, 2.45) is 0 Å². The molecule has 24 heavy (non-hydrogen) atoms. The Morgan fingerprint density at radius 1 is 1.25 bits per heavy atom. The molecule has 2 fully saturated rings. The molecule has 4 nitrogen and oxygen atoms in total. The molecule has 0 N–H and O–H groups in total. The van der Waals surface area contributed by atoms with Crippen molar-refractivity contribution in [2.75, 3.05) is 20.1 Å². The molecule has 1 aromatic carbocycles. The molecule has 0 radical (unpaired) electrons. The molecule has 2 aromatic rings. The molecule has 1 aromatic heterocycles. The number of amides is 1. The van der Waals surface area contributed by atoms with Crippen molar-refractivity contribution in [3.05, 3.63) is 52.5 Å². The van der Waals surface area contributed by atoms with Crippen LogP contribution >= 0.6 is 11.3 Å². The Morgan fingerprint density at radius 3 is 2.67 bits per heavy atom. The number of carbonyl (C=O) groups excluding carboxylic acids is 1. The molecular weight excluding hydrogens is 318 g/mol. The lowest BCUT2D eigenvalue weighted by Gasteiger charge is -2.43. The summed E-state index contributed by atoms with van der Waals surface area (Å²) >= 11 is 1.72. The van der Waals surface area contributed by atoms with Crippen LogP contribution in [-0.4, -0.2) is 46.4 Å². The van der Waals surface area contributed by atoms with Crippen LogP contribution in [0.2, 0.25) is 0 Å². The van der Waals surface area contributed by atoms with Crippen molar-refractivity contribution < 1.29 is 4.79 Å². The van der Waals surface area contributed by atoms with E-state index in [4.69, 9.17) is 0 Å². The minimum atomic E-state index is 0.0294. The first-order valence-corrected chi connectivity index (χ1v) is 9.49. The van der Waals surface area contributed by atoms with Crippen molar-refractivity contribution in [3.63, 3.8) is 0 Å². The minimum absolute atomic E-state index is 0.0294. The first-order chi connectivity index (χ1) is 11.7. The third-order valence-corrected chi connectivity index (χ3v) is 6.52. The Kier molecular flexibility index (Phi) is 4.14. The van der Waals surface area contributed by atoms with E-state index >= 15 is 0 Å². The normalized spacial score (nSPS) is 24.0. The third-order valence-electron chi connectivity index (χ3n) is 5.76. The Bertz CT molecular complexity index is 693. The van der Waals surface area contributed by atoms with Gasteiger partial charge in [-0.3, -0.25) is 9.69 Å². The molecule has 4 rings (SSSR count). The number of rotatable bonds is 3. The van der Waals surface area contributed by atoms with Gasteiger partial charge in [-0.25, -0.2) is 4.98 Å². The maximum absolute atomic E-state index is 12.8. The van der Waals surface area contributed by atoms with E-state index in [2.05, 4.69) is 22.0 Å². The molecule has 0 saturated carbocycles. The van der Waals surface area contributed by atoms with Crippen LogP contribution in [0.3, 0.4) is 0 Å². The summed E-state index contributed by atoms with van der Waals surface area (Å²) in [5, 5.41) is 3.22. The average molecular weight is 341 g/mol. The Morgan fingerprint density at radius 2 is 2.00 bits per heavy atom. The van der Waals surface area contributed by atoms with Gasteiger partial charge in [-0.15, -0.1) is 11.3 Å². The molecular formula is C19H23N3OS. The maximum atomic E-state index is 12.8. The molecule has 2 aliphatic rings. The van der Waals surface area contributed by atoms with Gasteiger partial charge in [0.25, 0.3) is 0 Å². The second-order valence-electron chi connectivity index (χ2n) is 6.99. The maximum Gasteiger partial charge on any atom is 0.230 e. The largest absolute Gasteiger partial charge is 0.339 e. The number of aromatic nitrogens is 1. The van der Waals surface area contributed by atoms with Crippen LogP contribution in [-0.2, 0) is 11.3 Å². The highest BCUT2D eigenvalue weighted by Gasteiger charge is 2.50. The Hall–Kier alpha value is -1.72. The van der Waals surface area contributed by atoms with E-state index in [-0.39, 0.29) is 17.4 Å². The topological polar surface area (TPSA) is 36.4 Å². The van der Waals surface area contributed by atoms with Crippen LogP contribution in [0, 0.1) is 0 Å². The predicted molar refractivity (Wildman–Crippen MR) is 95.9 cm³/mol. The van der Waals surface area contributed by atoms with Crippen molar-refractivity contribution >= 4 is 17.2 Å². The van der Waals surface area contributed by atoms with E-state index in [0.717, 1.165) is 44.5 Å². The summed E-state index contributed by atoms with van der Waals surface area (Å²) in [6.07, 6.45) is 4.95. The van der Waals surface area contributed by atoms with Gasteiger partial charge in [0.05, 0.1) is 12.5 Å². The Balaban J connectivity index is 1.45. The van der Waals surface area contributed by atoms with Crippen LogP contribution in [0.15, 0.2) is 41.9 Å². The monoisotopic (exact) mass is 341 g/mol. The molecule has 1 atom stereocenters. The van der Waals surface area contributed by atoms with Gasteiger partial charge in [0.1, 0.15) is 5.01 Å². The fourth-order valence-electron chi connectivity index (χ4n) is 4.21. The van der Waals surface area contributed by atoms with Gasteiger partial charge in [-0.1, -0.05) is 30.3 Å². The van der Waals surface area contributed by atoms with Crippen molar-refractivity contribution in [1.82, 2.24) is 14.8 Å². The Labute approximate surface area is 147 Å². The lowest BCUT2D eigenvalue weighted by atomic mass is 9.81. The number of carbonyl (C=O) groups is 1. The van der Waals surface area contributed by atoms with Gasteiger partial charge in [-0.2, -0.15) is 0 Å². The molecule has 0 bridgehead atoms. The number of piperidine rings is 1. The van der Waals surface area contributed by atoms with E-state index in [1.54, 1.807) is 11.3 Å². The standard InChI is InChI=1S/C19H23N3OS/c1-21-18(23)16(15-5-3-2-4-6-15)13-19(21)7-10-22(11-8-19)14-17-20-9-12-24-17/h2-6,9,12,16H,7-8,10-11,13-14H2,1H3. The summed E-state index contributed by atoms with van der Waals surface area (Å²) in [5.74, 6) is 0.316. The smallest absolute Gasteiger partial charge is 0.230 e. The van der Waals surface area contributed by atoms with E-state index in [9.17, 15) is 4.79 Å². The van der Waals surface area contributed by atoms with Gasteiger partial charge in [0.15, 0.2) is 0 Å². The van der Waals surface area contributed by atoms with Gasteiger partial charge < -0.3 is 4.90 Å². The number of benzene rings is 1. The van der Waals surface area contributed by atoms with Crippen molar-refractivity contribution in [2.45, 2.75) is 37.3 Å². The number of thiazole rings is 1. The number of likely N-dealkylation sites (tertiary alicyclic amines) is 2. The van der Waals surface area contributed by atoms with Gasteiger partial charge in [0.2, 0.25) is 5.91 Å².